The van der Waals surface area contributed by atoms with Crippen LogP contribution < -0.4 is 5.32 Å². The first-order valence-electron chi connectivity index (χ1n) is 6.01. The Kier molecular flexibility index (Phi) is 2.86. The fraction of sp³-hybridized carbons (Fsp3) is 0.154. The summed E-state index contributed by atoms with van der Waals surface area (Å²) in [6.45, 7) is 2.14. The Bertz CT molecular complexity index is 775. The van der Waals surface area contributed by atoms with E-state index in [1.165, 1.54) is 4.40 Å². The molecule has 0 aliphatic heterocycles. The van der Waals surface area contributed by atoms with Crippen LogP contribution in [-0.2, 0) is 6.54 Å². The first kappa shape index (κ1) is 12.2. The van der Waals surface area contributed by atoms with Gasteiger partial charge in [-0.15, -0.1) is 0 Å². The SMILES string of the molecule is Cc1cc(CNc2nc3ccccn3c2C(=O)O)on1. The molecule has 0 radical (unpaired) electrons. The molecule has 0 aromatic carbocycles. The zero-order valence-electron chi connectivity index (χ0n) is 10.7. The summed E-state index contributed by atoms with van der Waals surface area (Å²) in [5, 5.41) is 16.1. The molecule has 0 unspecified atom stereocenters. The number of hydrogen-bond donors (Lipinski definition) is 2. The minimum atomic E-state index is -1.04. The number of anilines is 1. The minimum absolute atomic E-state index is 0.0943. The van der Waals surface area contributed by atoms with Crippen LogP contribution in [-0.4, -0.2) is 25.6 Å². The number of carboxylic acid groups (broad SMARTS) is 1. The topological polar surface area (TPSA) is 92.7 Å². The zero-order valence-corrected chi connectivity index (χ0v) is 10.7. The summed E-state index contributed by atoms with van der Waals surface area (Å²) in [7, 11) is 0. The number of carbonyl (C=O) groups is 1. The van der Waals surface area contributed by atoms with Gasteiger partial charge < -0.3 is 14.9 Å². The summed E-state index contributed by atoms with van der Waals surface area (Å²) in [6, 6.07) is 7.09. The highest BCUT2D eigenvalue weighted by Gasteiger charge is 2.18. The van der Waals surface area contributed by atoms with Crippen molar-refractivity contribution in [1.29, 1.82) is 0 Å². The summed E-state index contributed by atoms with van der Waals surface area (Å²) >= 11 is 0. The molecule has 0 aliphatic carbocycles. The second-order valence-electron chi connectivity index (χ2n) is 4.33. The molecule has 2 N–H and O–H groups in total. The quantitative estimate of drug-likeness (QED) is 0.754. The molecule has 0 saturated carbocycles. The highest BCUT2D eigenvalue weighted by atomic mass is 16.5. The van der Waals surface area contributed by atoms with E-state index in [-0.39, 0.29) is 5.69 Å². The number of hydrogen-bond acceptors (Lipinski definition) is 5. The van der Waals surface area contributed by atoms with E-state index < -0.39 is 5.97 Å². The number of aromatic nitrogens is 3. The third kappa shape index (κ3) is 2.09. The van der Waals surface area contributed by atoms with Gasteiger partial charge in [-0.1, -0.05) is 11.2 Å². The molecule has 3 aromatic rings. The summed E-state index contributed by atoms with van der Waals surface area (Å²) < 4.78 is 6.59. The normalized spacial score (nSPS) is 10.8. The average molecular weight is 272 g/mol. The van der Waals surface area contributed by atoms with Gasteiger partial charge in [-0.3, -0.25) is 4.40 Å². The molecular formula is C13H12N4O3. The Balaban J connectivity index is 1.94. The summed E-state index contributed by atoms with van der Waals surface area (Å²) in [5.41, 5.74) is 1.44. The monoisotopic (exact) mass is 272 g/mol. The Hall–Kier alpha value is -2.83. The second kappa shape index (κ2) is 4.69. The lowest BCUT2D eigenvalue weighted by atomic mass is 10.3. The highest BCUT2D eigenvalue weighted by Crippen LogP contribution is 2.18. The lowest BCUT2D eigenvalue weighted by molar-refractivity contribution is 0.0690. The van der Waals surface area contributed by atoms with Crippen molar-refractivity contribution >= 4 is 17.4 Å². The maximum absolute atomic E-state index is 11.4. The number of rotatable bonds is 4. The van der Waals surface area contributed by atoms with Crippen LogP contribution >= 0.6 is 0 Å². The molecule has 0 spiro atoms. The van der Waals surface area contributed by atoms with Crippen LogP contribution in [0.1, 0.15) is 21.9 Å². The molecule has 3 heterocycles. The van der Waals surface area contributed by atoms with Crippen LogP contribution in [0.4, 0.5) is 5.82 Å². The standard InChI is InChI=1S/C13H12N4O3/c1-8-6-9(20-16-8)7-14-12-11(13(18)19)17-5-3-2-4-10(17)15-12/h2-6,14H,7H2,1H3,(H,18,19). The van der Waals surface area contributed by atoms with Crippen LogP contribution in [0.25, 0.3) is 5.65 Å². The molecule has 0 bridgehead atoms. The van der Waals surface area contributed by atoms with Crippen molar-refractivity contribution in [1.82, 2.24) is 14.5 Å². The van der Waals surface area contributed by atoms with Crippen LogP contribution in [0.5, 0.6) is 0 Å². The summed E-state index contributed by atoms with van der Waals surface area (Å²) in [4.78, 5) is 15.6. The summed E-state index contributed by atoms with van der Waals surface area (Å²) in [5.74, 6) is -0.117. The number of nitrogens with zero attached hydrogens (tertiary/aromatic N) is 3. The van der Waals surface area contributed by atoms with Crippen molar-refractivity contribution in [3.05, 3.63) is 47.6 Å². The Morgan fingerprint density at radius 1 is 1.50 bits per heavy atom. The molecule has 102 valence electrons. The van der Waals surface area contributed by atoms with Crippen molar-refractivity contribution in [3.8, 4) is 0 Å². The van der Waals surface area contributed by atoms with Gasteiger partial charge in [0.25, 0.3) is 0 Å². The molecule has 0 fully saturated rings. The molecule has 0 amide bonds. The Labute approximate surface area is 113 Å². The fourth-order valence-corrected chi connectivity index (χ4v) is 1.99. The van der Waals surface area contributed by atoms with Crippen LogP contribution in [0.15, 0.2) is 35.0 Å². The largest absolute Gasteiger partial charge is 0.476 e. The van der Waals surface area contributed by atoms with E-state index in [0.717, 1.165) is 5.69 Å². The molecule has 0 saturated heterocycles. The third-order valence-corrected chi connectivity index (χ3v) is 2.84. The van der Waals surface area contributed by atoms with E-state index in [2.05, 4.69) is 15.5 Å². The van der Waals surface area contributed by atoms with Crippen molar-refractivity contribution in [3.63, 3.8) is 0 Å². The zero-order chi connectivity index (χ0) is 14.1. The van der Waals surface area contributed by atoms with E-state index >= 15 is 0 Å². The average Bonchev–Trinajstić information content (AvgIpc) is 2.99. The smallest absolute Gasteiger partial charge is 0.356 e. The van der Waals surface area contributed by atoms with Gasteiger partial charge in [0, 0.05) is 12.3 Å². The second-order valence-corrected chi connectivity index (χ2v) is 4.33. The van der Waals surface area contributed by atoms with Crippen LogP contribution in [0.2, 0.25) is 0 Å². The molecular weight excluding hydrogens is 260 g/mol. The van der Waals surface area contributed by atoms with E-state index in [0.29, 0.717) is 23.8 Å². The molecule has 3 aromatic heterocycles. The molecule has 0 atom stereocenters. The van der Waals surface area contributed by atoms with E-state index in [1.807, 2.05) is 6.92 Å². The van der Waals surface area contributed by atoms with Crippen molar-refractivity contribution in [2.75, 3.05) is 5.32 Å². The number of imidazole rings is 1. The van der Waals surface area contributed by atoms with Crippen molar-refractivity contribution in [2.45, 2.75) is 13.5 Å². The molecule has 7 heteroatoms. The van der Waals surface area contributed by atoms with E-state index in [9.17, 15) is 9.90 Å². The summed E-state index contributed by atoms with van der Waals surface area (Å²) in [6.07, 6.45) is 1.66. The van der Waals surface area contributed by atoms with Gasteiger partial charge in [0.1, 0.15) is 5.65 Å². The molecule has 3 rings (SSSR count). The minimum Gasteiger partial charge on any atom is -0.476 e. The Morgan fingerprint density at radius 3 is 3.05 bits per heavy atom. The number of aryl methyl sites for hydroxylation is 1. The van der Waals surface area contributed by atoms with Gasteiger partial charge in [-0.25, -0.2) is 9.78 Å². The molecule has 0 aliphatic rings. The molecule has 20 heavy (non-hydrogen) atoms. The highest BCUT2D eigenvalue weighted by molar-refractivity contribution is 5.92. The predicted molar refractivity (Wildman–Crippen MR) is 70.7 cm³/mol. The van der Waals surface area contributed by atoms with Crippen molar-refractivity contribution < 1.29 is 14.4 Å². The van der Waals surface area contributed by atoms with Gasteiger partial charge in [0.2, 0.25) is 0 Å². The first-order chi connectivity index (χ1) is 9.65. The Morgan fingerprint density at radius 2 is 2.35 bits per heavy atom. The van der Waals surface area contributed by atoms with E-state index in [4.69, 9.17) is 4.52 Å². The van der Waals surface area contributed by atoms with Gasteiger partial charge in [0.05, 0.1) is 12.2 Å². The predicted octanol–water partition coefficient (Wildman–Crippen LogP) is 1.94. The van der Waals surface area contributed by atoms with Gasteiger partial charge in [-0.05, 0) is 19.1 Å². The van der Waals surface area contributed by atoms with Gasteiger partial charge in [-0.2, -0.15) is 0 Å². The number of nitrogens with one attached hydrogen (secondary N) is 1. The number of fused-ring (bicyclic) bond motifs is 1. The third-order valence-electron chi connectivity index (χ3n) is 2.84. The number of carboxylic acids is 1. The van der Waals surface area contributed by atoms with Crippen LogP contribution in [0.3, 0.4) is 0 Å². The van der Waals surface area contributed by atoms with E-state index in [1.54, 1.807) is 30.5 Å². The number of pyridine rings is 1. The van der Waals surface area contributed by atoms with Crippen molar-refractivity contribution in [2.24, 2.45) is 0 Å². The molecule has 7 nitrogen and oxygen atoms in total. The van der Waals surface area contributed by atoms with Crippen LogP contribution in [0, 0.1) is 6.92 Å². The first-order valence-corrected chi connectivity index (χ1v) is 6.01. The maximum Gasteiger partial charge on any atom is 0.356 e. The van der Waals surface area contributed by atoms with Gasteiger partial charge >= 0.3 is 5.97 Å². The van der Waals surface area contributed by atoms with Gasteiger partial charge in [0.15, 0.2) is 17.3 Å². The lowest BCUT2D eigenvalue weighted by Crippen LogP contribution is -2.07. The maximum atomic E-state index is 11.4. The number of aromatic carboxylic acids is 1. The lowest BCUT2D eigenvalue weighted by Gasteiger charge is -2.01. The fourth-order valence-electron chi connectivity index (χ4n) is 1.99.